The van der Waals surface area contributed by atoms with Crippen LogP contribution in [0.25, 0.3) is 0 Å². The van der Waals surface area contributed by atoms with Gasteiger partial charge in [0, 0.05) is 25.7 Å². The summed E-state index contributed by atoms with van der Waals surface area (Å²) in [7, 11) is -3.83. The zero-order valence-electron chi connectivity index (χ0n) is 10.2. The molecule has 4 nitrogen and oxygen atoms in total. The topological polar surface area (TPSA) is 49.4 Å². The molecule has 1 N–H and O–H groups in total. The Bertz CT molecular complexity index is 571. The molecule has 19 heavy (non-hydrogen) atoms. The average Bonchev–Trinajstić information content (AvgIpc) is 2.27. The zero-order chi connectivity index (χ0) is 14.2. The van der Waals surface area contributed by atoms with Gasteiger partial charge in [-0.05, 0) is 19.1 Å². The quantitative estimate of drug-likeness (QED) is 0.905. The summed E-state index contributed by atoms with van der Waals surface area (Å²) in [5, 5.41) is 2.70. The molecule has 0 saturated carbocycles. The van der Waals surface area contributed by atoms with Crippen LogP contribution in [0.4, 0.5) is 4.39 Å². The summed E-state index contributed by atoms with van der Waals surface area (Å²) in [5.41, 5.74) is 0. The predicted octanol–water partition coefficient (Wildman–Crippen LogP) is 2.11. The first-order chi connectivity index (χ1) is 8.84. The van der Waals surface area contributed by atoms with Crippen LogP contribution in [0.3, 0.4) is 0 Å². The van der Waals surface area contributed by atoms with Gasteiger partial charge in [-0.15, -0.1) is 0 Å². The predicted molar refractivity (Wildman–Crippen MR) is 72.6 cm³/mol. The van der Waals surface area contributed by atoms with Crippen molar-refractivity contribution in [2.75, 3.05) is 19.6 Å². The molecule has 1 fully saturated rings. The van der Waals surface area contributed by atoms with Crippen LogP contribution in [0.1, 0.15) is 6.92 Å². The Morgan fingerprint density at radius 1 is 1.37 bits per heavy atom. The molecule has 1 aromatic carbocycles. The van der Waals surface area contributed by atoms with E-state index >= 15 is 0 Å². The molecule has 0 bridgehead atoms. The Kier molecular flexibility index (Phi) is 4.37. The van der Waals surface area contributed by atoms with E-state index in [2.05, 4.69) is 5.32 Å². The fourth-order valence-electron chi connectivity index (χ4n) is 2.07. The Balaban J connectivity index is 2.50. The highest BCUT2D eigenvalue weighted by molar-refractivity contribution is 7.89. The van der Waals surface area contributed by atoms with Crippen molar-refractivity contribution in [3.63, 3.8) is 0 Å². The van der Waals surface area contributed by atoms with Gasteiger partial charge in [0.15, 0.2) is 0 Å². The number of sulfonamides is 1. The molecule has 0 aliphatic carbocycles. The molecule has 0 aromatic heterocycles. The number of hydrogen-bond acceptors (Lipinski definition) is 3. The third-order valence-corrected chi connectivity index (χ3v) is 5.91. The van der Waals surface area contributed by atoms with Crippen molar-refractivity contribution in [1.82, 2.24) is 9.62 Å². The van der Waals surface area contributed by atoms with E-state index in [-0.39, 0.29) is 21.0 Å². The van der Waals surface area contributed by atoms with Gasteiger partial charge >= 0.3 is 0 Å². The largest absolute Gasteiger partial charge is 0.314 e. The van der Waals surface area contributed by atoms with E-state index in [1.807, 2.05) is 0 Å². The third kappa shape index (κ3) is 2.87. The van der Waals surface area contributed by atoms with Crippen LogP contribution in [0.2, 0.25) is 10.0 Å². The monoisotopic (exact) mass is 326 g/mol. The van der Waals surface area contributed by atoms with Crippen molar-refractivity contribution in [3.05, 3.63) is 28.0 Å². The lowest BCUT2D eigenvalue weighted by Gasteiger charge is -2.33. The minimum Gasteiger partial charge on any atom is -0.314 e. The third-order valence-electron chi connectivity index (χ3n) is 2.97. The first-order valence-corrected chi connectivity index (χ1v) is 7.90. The second-order valence-corrected chi connectivity index (χ2v) is 7.01. The highest BCUT2D eigenvalue weighted by atomic mass is 35.5. The molecule has 0 amide bonds. The standard InChI is InChI=1S/C11H13Cl2FN2O2S/c1-7-6-15-2-3-16(7)19(17,18)11-9(12)4-8(14)5-10(11)13/h4-5,7,15H,2-3,6H2,1H3/t7-/m1/s1. The first-order valence-electron chi connectivity index (χ1n) is 5.71. The minimum absolute atomic E-state index is 0.198. The molecule has 8 heteroatoms. The van der Waals surface area contributed by atoms with E-state index < -0.39 is 15.8 Å². The maximum absolute atomic E-state index is 13.1. The molecule has 1 aromatic rings. The van der Waals surface area contributed by atoms with Gasteiger partial charge in [-0.1, -0.05) is 23.2 Å². The minimum atomic E-state index is -3.83. The maximum Gasteiger partial charge on any atom is 0.246 e. The van der Waals surface area contributed by atoms with Crippen molar-refractivity contribution >= 4 is 33.2 Å². The number of piperazine rings is 1. The SMILES string of the molecule is C[C@@H]1CNCCN1S(=O)(=O)c1c(Cl)cc(F)cc1Cl. The maximum atomic E-state index is 13.1. The summed E-state index contributed by atoms with van der Waals surface area (Å²) in [5.74, 6) is -0.665. The second kappa shape index (κ2) is 5.54. The number of rotatable bonds is 2. The molecule has 0 spiro atoms. The molecule has 1 atom stereocenters. The van der Waals surface area contributed by atoms with Crippen LogP contribution >= 0.6 is 23.2 Å². The molecule has 1 aliphatic rings. The summed E-state index contributed by atoms with van der Waals surface area (Å²) < 4.78 is 39.6. The smallest absolute Gasteiger partial charge is 0.246 e. The first kappa shape index (κ1) is 15.0. The average molecular weight is 327 g/mol. The van der Waals surface area contributed by atoms with E-state index in [9.17, 15) is 12.8 Å². The lowest BCUT2D eigenvalue weighted by molar-refractivity contribution is 0.284. The Morgan fingerprint density at radius 3 is 2.47 bits per heavy atom. The molecule has 1 saturated heterocycles. The van der Waals surface area contributed by atoms with Crippen LogP contribution in [-0.2, 0) is 10.0 Å². The van der Waals surface area contributed by atoms with Gasteiger partial charge in [-0.2, -0.15) is 4.31 Å². The van der Waals surface area contributed by atoms with Gasteiger partial charge in [-0.25, -0.2) is 12.8 Å². The summed E-state index contributed by atoms with van der Waals surface area (Å²) in [4.78, 5) is -0.231. The Hall–Kier alpha value is -0.400. The molecule has 2 rings (SSSR count). The van der Waals surface area contributed by atoms with Gasteiger partial charge in [0.05, 0.1) is 10.0 Å². The number of nitrogens with zero attached hydrogens (tertiary/aromatic N) is 1. The van der Waals surface area contributed by atoms with Crippen molar-refractivity contribution in [3.8, 4) is 0 Å². The Labute approximate surface area is 121 Å². The lowest BCUT2D eigenvalue weighted by Crippen LogP contribution is -2.52. The molecule has 0 unspecified atom stereocenters. The molecule has 1 heterocycles. The fraction of sp³-hybridized carbons (Fsp3) is 0.455. The highest BCUT2D eigenvalue weighted by Gasteiger charge is 2.34. The van der Waals surface area contributed by atoms with Crippen LogP contribution < -0.4 is 5.32 Å². The summed E-state index contributed by atoms with van der Waals surface area (Å²) in [6.07, 6.45) is 0. The molecular weight excluding hydrogens is 314 g/mol. The van der Waals surface area contributed by atoms with Crippen molar-refractivity contribution in [2.24, 2.45) is 0 Å². The number of hydrogen-bond donors (Lipinski definition) is 1. The van der Waals surface area contributed by atoms with Crippen molar-refractivity contribution < 1.29 is 12.8 Å². The van der Waals surface area contributed by atoms with E-state index in [0.29, 0.717) is 19.6 Å². The van der Waals surface area contributed by atoms with Gasteiger partial charge in [0.2, 0.25) is 10.0 Å². The summed E-state index contributed by atoms with van der Waals surface area (Å²) >= 11 is 11.7. The molecule has 1 aliphatic heterocycles. The molecular formula is C11H13Cl2FN2O2S. The second-order valence-electron chi connectivity index (χ2n) is 4.37. The van der Waals surface area contributed by atoms with Crippen molar-refractivity contribution in [1.29, 1.82) is 0 Å². The van der Waals surface area contributed by atoms with E-state index in [4.69, 9.17) is 23.2 Å². The number of halogens is 3. The van der Waals surface area contributed by atoms with Crippen molar-refractivity contribution in [2.45, 2.75) is 17.9 Å². The van der Waals surface area contributed by atoms with Crippen LogP contribution in [0.15, 0.2) is 17.0 Å². The Morgan fingerprint density at radius 2 is 1.95 bits per heavy atom. The lowest BCUT2D eigenvalue weighted by atomic mass is 10.3. The summed E-state index contributed by atoms with van der Waals surface area (Å²) in [6.45, 7) is 3.22. The number of benzene rings is 1. The molecule has 106 valence electrons. The van der Waals surface area contributed by atoms with Gasteiger partial charge in [0.25, 0.3) is 0 Å². The van der Waals surface area contributed by atoms with E-state index in [1.54, 1.807) is 6.92 Å². The highest BCUT2D eigenvalue weighted by Crippen LogP contribution is 2.33. The fourth-order valence-corrected chi connectivity index (χ4v) is 4.84. The molecule has 0 radical (unpaired) electrons. The van der Waals surface area contributed by atoms with Crippen LogP contribution in [0, 0.1) is 5.82 Å². The normalized spacial score (nSPS) is 21.6. The summed E-state index contributed by atoms with van der Waals surface area (Å²) in [6, 6.07) is 1.69. The number of nitrogens with one attached hydrogen (secondary N) is 1. The van der Waals surface area contributed by atoms with Gasteiger partial charge in [0.1, 0.15) is 10.7 Å². The zero-order valence-corrected chi connectivity index (χ0v) is 12.5. The van der Waals surface area contributed by atoms with Crippen LogP contribution in [-0.4, -0.2) is 38.4 Å². The van der Waals surface area contributed by atoms with Crippen LogP contribution in [0.5, 0.6) is 0 Å². The van der Waals surface area contributed by atoms with E-state index in [0.717, 1.165) is 12.1 Å². The van der Waals surface area contributed by atoms with Gasteiger partial charge in [-0.3, -0.25) is 0 Å². The van der Waals surface area contributed by atoms with Gasteiger partial charge < -0.3 is 5.32 Å². The van der Waals surface area contributed by atoms with E-state index in [1.165, 1.54) is 4.31 Å².